The fourth-order valence-corrected chi connectivity index (χ4v) is 5.83. The Kier molecular flexibility index (Phi) is 5.18. The second-order valence-corrected chi connectivity index (χ2v) is 10.7. The molecule has 1 unspecified atom stereocenters. The van der Waals surface area contributed by atoms with E-state index in [1.807, 2.05) is 24.0 Å². The molecule has 2 aliphatic rings. The predicted molar refractivity (Wildman–Crippen MR) is 122 cm³/mol. The highest BCUT2D eigenvalue weighted by atomic mass is 32.1. The molecule has 1 aromatic carbocycles. The molecule has 1 amide bonds. The van der Waals surface area contributed by atoms with Crippen LogP contribution < -0.4 is 0 Å². The van der Waals surface area contributed by atoms with Crippen LogP contribution in [0.4, 0.5) is 0 Å². The second kappa shape index (κ2) is 7.88. The lowest BCUT2D eigenvalue weighted by Gasteiger charge is -2.50. The molecule has 1 atom stereocenters. The van der Waals surface area contributed by atoms with Crippen LogP contribution in [0.5, 0.6) is 0 Å². The molecule has 5 rings (SSSR count). The zero-order valence-electron chi connectivity index (χ0n) is 18.3. The molecule has 6 nitrogen and oxygen atoms in total. The number of likely N-dealkylation sites (tertiary alicyclic amines) is 2. The maximum absolute atomic E-state index is 13.0. The number of carbonyl (C=O) groups excluding carboxylic acids is 1. The zero-order chi connectivity index (χ0) is 21.6. The Morgan fingerprint density at radius 3 is 2.61 bits per heavy atom. The summed E-state index contributed by atoms with van der Waals surface area (Å²) < 4.78 is 0. The lowest BCUT2D eigenvalue weighted by molar-refractivity contribution is 0.00217. The number of carbonyl (C=O) groups is 1. The van der Waals surface area contributed by atoms with Crippen LogP contribution in [0.3, 0.4) is 0 Å². The molecule has 31 heavy (non-hydrogen) atoms. The molecule has 2 aromatic heterocycles. The number of amides is 1. The van der Waals surface area contributed by atoms with E-state index in [0.29, 0.717) is 5.92 Å². The standard InChI is InChI=1S/C24H29N5OS/c1-16(2)21-25-22(27-26-21)19-12-28(11-18-7-5-4-6-8-18)13-24(19)14-29(15-24)23(30)20-10-9-17(3)31-20/h4-10,16,19H,11-15H2,1-3H3,(H,25,26,27). The van der Waals surface area contributed by atoms with Gasteiger partial charge in [-0.05, 0) is 24.6 Å². The maximum atomic E-state index is 13.0. The number of aromatic nitrogens is 3. The van der Waals surface area contributed by atoms with Crippen molar-refractivity contribution in [1.29, 1.82) is 0 Å². The molecular formula is C24H29N5OS. The number of nitrogens with one attached hydrogen (secondary N) is 1. The fraction of sp³-hybridized carbons (Fsp3) is 0.458. The molecule has 1 spiro atoms. The average Bonchev–Trinajstić information content (AvgIpc) is 3.45. The van der Waals surface area contributed by atoms with Crippen LogP contribution in [0, 0.1) is 12.3 Å². The number of nitrogens with zero attached hydrogens (tertiary/aromatic N) is 4. The van der Waals surface area contributed by atoms with Gasteiger partial charge in [0, 0.05) is 54.9 Å². The van der Waals surface area contributed by atoms with E-state index < -0.39 is 0 Å². The molecule has 2 fully saturated rings. The van der Waals surface area contributed by atoms with Crippen LogP contribution in [0.25, 0.3) is 0 Å². The lowest BCUT2D eigenvalue weighted by Crippen LogP contribution is -2.61. The first kappa shape index (κ1) is 20.4. The molecule has 0 radical (unpaired) electrons. The van der Waals surface area contributed by atoms with Crippen molar-refractivity contribution in [2.24, 2.45) is 5.41 Å². The number of H-pyrrole nitrogens is 1. The van der Waals surface area contributed by atoms with Gasteiger partial charge in [0.15, 0.2) is 5.82 Å². The van der Waals surface area contributed by atoms with E-state index in [1.54, 1.807) is 11.3 Å². The Labute approximate surface area is 187 Å². The monoisotopic (exact) mass is 435 g/mol. The number of thiophene rings is 1. The van der Waals surface area contributed by atoms with Gasteiger partial charge in [0.05, 0.1) is 4.88 Å². The first-order chi connectivity index (χ1) is 14.9. The van der Waals surface area contributed by atoms with Gasteiger partial charge in [-0.1, -0.05) is 44.2 Å². The molecule has 2 aliphatic heterocycles. The number of hydrogen-bond donors (Lipinski definition) is 1. The van der Waals surface area contributed by atoms with Crippen LogP contribution in [0.15, 0.2) is 42.5 Å². The molecule has 0 saturated carbocycles. The van der Waals surface area contributed by atoms with Crippen LogP contribution >= 0.6 is 11.3 Å². The third-order valence-corrected chi connectivity index (χ3v) is 7.57. The first-order valence-electron chi connectivity index (χ1n) is 11.0. The summed E-state index contributed by atoms with van der Waals surface area (Å²) in [5, 5.41) is 7.69. The minimum Gasteiger partial charge on any atom is -0.337 e. The van der Waals surface area contributed by atoms with E-state index in [0.717, 1.165) is 49.2 Å². The predicted octanol–water partition coefficient (Wildman–Crippen LogP) is 4.04. The number of aryl methyl sites for hydroxylation is 1. The van der Waals surface area contributed by atoms with Crippen molar-refractivity contribution in [3.8, 4) is 0 Å². The zero-order valence-corrected chi connectivity index (χ0v) is 19.2. The van der Waals surface area contributed by atoms with Gasteiger partial charge >= 0.3 is 0 Å². The van der Waals surface area contributed by atoms with Gasteiger partial charge in [-0.3, -0.25) is 14.8 Å². The minimum absolute atomic E-state index is 0.0323. The summed E-state index contributed by atoms with van der Waals surface area (Å²) in [5.74, 6) is 2.55. The van der Waals surface area contributed by atoms with Gasteiger partial charge in [-0.2, -0.15) is 5.10 Å². The minimum atomic E-state index is 0.0323. The van der Waals surface area contributed by atoms with E-state index >= 15 is 0 Å². The first-order valence-corrected chi connectivity index (χ1v) is 11.8. The molecule has 0 bridgehead atoms. The van der Waals surface area contributed by atoms with E-state index in [9.17, 15) is 4.79 Å². The molecule has 1 N–H and O–H groups in total. The van der Waals surface area contributed by atoms with Crippen molar-refractivity contribution in [2.75, 3.05) is 26.2 Å². The summed E-state index contributed by atoms with van der Waals surface area (Å²) in [5.41, 5.74) is 1.35. The van der Waals surface area contributed by atoms with Gasteiger partial charge in [0.2, 0.25) is 0 Å². The van der Waals surface area contributed by atoms with Gasteiger partial charge < -0.3 is 4.90 Å². The Balaban J connectivity index is 1.37. The van der Waals surface area contributed by atoms with E-state index in [4.69, 9.17) is 4.98 Å². The highest BCUT2D eigenvalue weighted by molar-refractivity contribution is 7.13. The van der Waals surface area contributed by atoms with Crippen LogP contribution in [0.2, 0.25) is 0 Å². The topological polar surface area (TPSA) is 65.1 Å². The quantitative estimate of drug-likeness (QED) is 0.657. The Hall–Kier alpha value is -2.51. The number of rotatable bonds is 5. The van der Waals surface area contributed by atoms with Crippen LogP contribution in [-0.4, -0.2) is 57.1 Å². The summed E-state index contributed by atoms with van der Waals surface area (Å²) in [6.07, 6.45) is 0. The largest absolute Gasteiger partial charge is 0.337 e. The second-order valence-electron chi connectivity index (χ2n) is 9.38. The SMILES string of the molecule is Cc1ccc(C(=O)N2CC3(CN(Cc4ccccc4)CC3c3nc(C(C)C)n[nH]3)C2)s1. The van der Waals surface area contributed by atoms with Crippen molar-refractivity contribution in [3.05, 3.63) is 69.4 Å². The highest BCUT2D eigenvalue weighted by Crippen LogP contribution is 2.49. The Bertz CT molecular complexity index is 1070. The van der Waals surface area contributed by atoms with Crippen molar-refractivity contribution in [3.63, 3.8) is 0 Å². The summed E-state index contributed by atoms with van der Waals surface area (Å²) in [4.78, 5) is 24.3. The van der Waals surface area contributed by atoms with E-state index in [1.165, 1.54) is 10.4 Å². The summed E-state index contributed by atoms with van der Waals surface area (Å²) in [6.45, 7) is 10.6. The third-order valence-electron chi connectivity index (χ3n) is 6.58. The molecule has 162 valence electrons. The van der Waals surface area contributed by atoms with Gasteiger partial charge in [-0.15, -0.1) is 11.3 Å². The smallest absolute Gasteiger partial charge is 0.263 e. The molecule has 7 heteroatoms. The number of aromatic amines is 1. The molecule has 2 saturated heterocycles. The lowest BCUT2D eigenvalue weighted by atomic mass is 9.71. The van der Waals surface area contributed by atoms with Crippen molar-refractivity contribution < 1.29 is 4.79 Å². The van der Waals surface area contributed by atoms with E-state index in [2.05, 4.69) is 59.3 Å². The average molecular weight is 436 g/mol. The third kappa shape index (κ3) is 3.81. The van der Waals surface area contributed by atoms with Gasteiger partial charge in [0.25, 0.3) is 5.91 Å². The van der Waals surface area contributed by atoms with Crippen LogP contribution in [0.1, 0.15) is 57.4 Å². The summed E-state index contributed by atoms with van der Waals surface area (Å²) in [6, 6.07) is 14.6. The van der Waals surface area contributed by atoms with Crippen LogP contribution in [-0.2, 0) is 6.54 Å². The van der Waals surface area contributed by atoms with Crippen molar-refractivity contribution in [1.82, 2.24) is 25.0 Å². The fourth-order valence-electron chi connectivity index (χ4n) is 5.00. The summed E-state index contributed by atoms with van der Waals surface area (Å²) >= 11 is 1.58. The van der Waals surface area contributed by atoms with Crippen molar-refractivity contribution >= 4 is 17.2 Å². The normalized spacial score (nSPS) is 20.5. The maximum Gasteiger partial charge on any atom is 0.263 e. The Morgan fingerprint density at radius 2 is 1.97 bits per heavy atom. The molecular weight excluding hydrogens is 406 g/mol. The highest BCUT2D eigenvalue weighted by Gasteiger charge is 2.57. The molecule has 4 heterocycles. The summed E-state index contributed by atoms with van der Waals surface area (Å²) in [7, 11) is 0. The molecule has 0 aliphatic carbocycles. The Morgan fingerprint density at radius 1 is 1.19 bits per heavy atom. The number of benzene rings is 1. The van der Waals surface area contributed by atoms with Gasteiger partial charge in [-0.25, -0.2) is 4.98 Å². The van der Waals surface area contributed by atoms with Gasteiger partial charge in [0.1, 0.15) is 5.82 Å². The van der Waals surface area contributed by atoms with E-state index in [-0.39, 0.29) is 17.2 Å². The van der Waals surface area contributed by atoms with Crippen molar-refractivity contribution in [2.45, 2.75) is 39.2 Å². The molecule has 3 aromatic rings. The number of hydrogen-bond acceptors (Lipinski definition) is 5.